The number of hydrogen-bond acceptors (Lipinski definition) is 3. The predicted molar refractivity (Wildman–Crippen MR) is 52.2 cm³/mol. The minimum absolute atomic E-state index is 0.905. The van der Waals surface area contributed by atoms with Crippen LogP contribution >= 0.6 is 46.4 Å². The lowest BCUT2D eigenvalue weighted by Crippen LogP contribution is -2.45. The number of esters is 1. The first-order chi connectivity index (χ1) is 5.79. The third-order valence-electron chi connectivity index (χ3n) is 1.04. The molecule has 7 heteroatoms. The van der Waals surface area contributed by atoms with Gasteiger partial charge < -0.3 is 9.47 Å². The smallest absolute Gasteiger partial charge is 0.349 e. The maximum Gasteiger partial charge on any atom is 0.349 e. The molecule has 76 valence electrons. The molecule has 0 aliphatic carbocycles. The Morgan fingerprint density at radius 3 is 2.15 bits per heavy atom. The van der Waals surface area contributed by atoms with E-state index in [0.717, 1.165) is 13.4 Å². The molecule has 0 amide bonds. The van der Waals surface area contributed by atoms with Crippen LogP contribution in [0.15, 0.2) is 12.8 Å². The second-order valence-corrected chi connectivity index (χ2v) is 4.45. The summed E-state index contributed by atoms with van der Waals surface area (Å²) in [6.45, 7) is 3.18. The molecule has 0 radical (unpaired) electrons. The van der Waals surface area contributed by atoms with Crippen molar-refractivity contribution in [2.24, 2.45) is 0 Å². The lowest BCUT2D eigenvalue weighted by Gasteiger charge is -2.28. The van der Waals surface area contributed by atoms with Gasteiger partial charge in [0.2, 0.25) is 0 Å². The van der Waals surface area contributed by atoms with E-state index in [2.05, 4.69) is 16.1 Å². The Kier molecular flexibility index (Phi) is 4.66. The van der Waals surface area contributed by atoms with Crippen molar-refractivity contribution in [3.8, 4) is 0 Å². The van der Waals surface area contributed by atoms with Gasteiger partial charge in [-0.2, -0.15) is 0 Å². The molecule has 0 aromatic heterocycles. The second kappa shape index (κ2) is 4.60. The minimum Gasteiger partial charge on any atom is -0.467 e. The lowest BCUT2D eigenvalue weighted by atomic mass is 10.4. The number of alkyl halides is 4. The molecule has 0 aliphatic heterocycles. The fourth-order valence-electron chi connectivity index (χ4n) is 0.426. The van der Waals surface area contributed by atoms with Gasteiger partial charge in [0.05, 0.1) is 13.4 Å². The summed E-state index contributed by atoms with van der Waals surface area (Å²) < 4.78 is 4.44. The average Bonchev–Trinajstić information content (AvgIpc) is 2.02. The Morgan fingerprint density at radius 1 is 1.38 bits per heavy atom. The van der Waals surface area contributed by atoms with E-state index in [1.54, 1.807) is 0 Å². The monoisotopic (exact) mass is 266 g/mol. The van der Waals surface area contributed by atoms with Crippen molar-refractivity contribution in [1.82, 2.24) is 0 Å². The van der Waals surface area contributed by atoms with Crippen LogP contribution in [0.4, 0.5) is 0 Å². The van der Waals surface area contributed by atoms with Crippen molar-refractivity contribution in [2.45, 2.75) is 8.85 Å². The maximum atomic E-state index is 11.0. The summed E-state index contributed by atoms with van der Waals surface area (Å²) in [6, 6.07) is 0. The average molecular weight is 268 g/mol. The molecular formula is C6H6Cl4O3. The summed E-state index contributed by atoms with van der Waals surface area (Å²) in [7, 11) is 1.08. The molecule has 0 unspecified atom stereocenters. The fourth-order valence-corrected chi connectivity index (χ4v) is 0.949. The summed E-state index contributed by atoms with van der Waals surface area (Å²) in [6.07, 6.45) is 0.905. The summed E-state index contributed by atoms with van der Waals surface area (Å²) in [5.41, 5.74) is 0. The Morgan fingerprint density at radius 2 is 1.85 bits per heavy atom. The number of hydrogen-bond donors (Lipinski definition) is 0. The molecule has 3 nitrogen and oxygen atoms in total. The van der Waals surface area contributed by atoms with Gasteiger partial charge in [-0.15, -0.1) is 0 Å². The van der Waals surface area contributed by atoms with Gasteiger partial charge in [0.25, 0.3) is 4.33 Å². The molecule has 0 aliphatic rings. The normalized spacial score (nSPS) is 12.1. The van der Waals surface area contributed by atoms with Gasteiger partial charge in [-0.05, 0) is 0 Å². The zero-order chi connectivity index (χ0) is 10.7. The van der Waals surface area contributed by atoms with E-state index >= 15 is 0 Å². The summed E-state index contributed by atoms with van der Waals surface area (Å²) >= 11 is 22.0. The third kappa shape index (κ3) is 2.81. The van der Waals surface area contributed by atoms with Crippen molar-refractivity contribution in [2.75, 3.05) is 7.11 Å². The fraction of sp³-hybridized carbons (Fsp3) is 0.500. The molecule has 0 spiro atoms. The van der Waals surface area contributed by atoms with Crippen LogP contribution in [0, 0.1) is 0 Å². The first kappa shape index (κ1) is 13.2. The molecule has 0 aromatic rings. The van der Waals surface area contributed by atoms with E-state index in [4.69, 9.17) is 46.4 Å². The van der Waals surface area contributed by atoms with Crippen LogP contribution in [-0.2, 0) is 14.3 Å². The summed E-state index contributed by atoms with van der Waals surface area (Å²) in [5.74, 6) is -1.03. The molecule has 0 aromatic carbocycles. The Labute approximate surface area is 95.5 Å². The molecule has 0 saturated carbocycles. The zero-order valence-electron chi connectivity index (χ0n) is 6.52. The van der Waals surface area contributed by atoms with Crippen LogP contribution in [0.1, 0.15) is 0 Å². The highest BCUT2D eigenvalue weighted by Crippen LogP contribution is 2.44. The van der Waals surface area contributed by atoms with Crippen molar-refractivity contribution < 1.29 is 14.3 Å². The maximum absolute atomic E-state index is 11.0. The first-order valence-electron chi connectivity index (χ1n) is 2.92. The number of methoxy groups -OCH3 is 1. The Hall–Kier alpha value is 0.170. The lowest BCUT2D eigenvalue weighted by molar-refractivity contribution is -0.143. The van der Waals surface area contributed by atoms with Crippen LogP contribution in [-0.4, -0.2) is 21.9 Å². The largest absolute Gasteiger partial charge is 0.467 e. The van der Waals surface area contributed by atoms with E-state index in [1.807, 2.05) is 0 Å². The molecule has 0 rings (SSSR count). The van der Waals surface area contributed by atoms with Crippen LogP contribution in [0.25, 0.3) is 0 Å². The Bertz CT molecular complexity index is 214. The van der Waals surface area contributed by atoms with E-state index in [9.17, 15) is 4.79 Å². The third-order valence-corrected chi connectivity index (χ3v) is 3.01. The highest BCUT2D eigenvalue weighted by molar-refractivity contribution is 6.67. The number of halogens is 4. The molecule has 13 heavy (non-hydrogen) atoms. The molecular weight excluding hydrogens is 262 g/mol. The standard InChI is InChI=1S/C6H6Cl4O3/c1-3-13-6(9,10)5(7,8)4(11)12-2/h3H,1H2,2H3. The summed E-state index contributed by atoms with van der Waals surface area (Å²) in [4.78, 5) is 11.0. The molecule has 0 heterocycles. The van der Waals surface area contributed by atoms with Gasteiger partial charge >= 0.3 is 10.5 Å². The molecule has 0 atom stereocenters. The highest BCUT2D eigenvalue weighted by Gasteiger charge is 2.56. The van der Waals surface area contributed by atoms with Gasteiger partial charge in [-0.25, -0.2) is 4.79 Å². The van der Waals surface area contributed by atoms with Crippen molar-refractivity contribution in [3.63, 3.8) is 0 Å². The second-order valence-electron chi connectivity index (χ2n) is 1.87. The highest BCUT2D eigenvalue weighted by atomic mass is 35.5. The Balaban J connectivity index is 4.78. The zero-order valence-corrected chi connectivity index (χ0v) is 9.54. The quantitative estimate of drug-likeness (QED) is 0.446. The van der Waals surface area contributed by atoms with Gasteiger partial charge in [0.1, 0.15) is 0 Å². The van der Waals surface area contributed by atoms with Gasteiger partial charge in [-0.3, -0.25) is 0 Å². The predicted octanol–water partition coefficient (Wildman–Crippen LogP) is 2.62. The number of rotatable bonds is 4. The first-order valence-corrected chi connectivity index (χ1v) is 4.43. The minimum atomic E-state index is -2.22. The number of carbonyl (C=O) groups is 1. The van der Waals surface area contributed by atoms with Crippen molar-refractivity contribution in [1.29, 1.82) is 0 Å². The van der Waals surface area contributed by atoms with Crippen LogP contribution in [0.2, 0.25) is 0 Å². The number of ether oxygens (including phenoxy) is 2. The van der Waals surface area contributed by atoms with E-state index < -0.39 is 14.8 Å². The molecule has 0 bridgehead atoms. The van der Waals surface area contributed by atoms with Gasteiger partial charge in [0.15, 0.2) is 0 Å². The van der Waals surface area contributed by atoms with Crippen LogP contribution < -0.4 is 0 Å². The molecule has 0 saturated heterocycles. The van der Waals surface area contributed by atoms with Gasteiger partial charge in [0, 0.05) is 0 Å². The number of carbonyl (C=O) groups excluding carboxylic acids is 1. The topological polar surface area (TPSA) is 35.5 Å². The van der Waals surface area contributed by atoms with Crippen LogP contribution in [0.5, 0.6) is 0 Å². The van der Waals surface area contributed by atoms with Crippen molar-refractivity contribution in [3.05, 3.63) is 12.8 Å². The van der Waals surface area contributed by atoms with Crippen LogP contribution in [0.3, 0.4) is 0 Å². The molecule has 0 fully saturated rings. The van der Waals surface area contributed by atoms with Crippen molar-refractivity contribution >= 4 is 52.4 Å². The van der Waals surface area contributed by atoms with E-state index in [-0.39, 0.29) is 0 Å². The van der Waals surface area contributed by atoms with E-state index in [0.29, 0.717) is 0 Å². The van der Waals surface area contributed by atoms with Gasteiger partial charge in [-0.1, -0.05) is 53.0 Å². The molecule has 0 N–H and O–H groups in total. The summed E-state index contributed by atoms with van der Waals surface area (Å²) in [5, 5.41) is 0. The van der Waals surface area contributed by atoms with E-state index in [1.165, 1.54) is 0 Å². The SMILES string of the molecule is C=COC(Cl)(Cl)C(Cl)(Cl)C(=O)OC.